The van der Waals surface area contributed by atoms with E-state index in [0.717, 1.165) is 30.4 Å². The summed E-state index contributed by atoms with van der Waals surface area (Å²) in [4.78, 5) is 10.6. The Kier molecular flexibility index (Phi) is 3.21. The summed E-state index contributed by atoms with van der Waals surface area (Å²) in [6.45, 7) is 2.04. The lowest BCUT2D eigenvalue weighted by Crippen LogP contribution is -2.33. The van der Waals surface area contributed by atoms with Crippen molar-refractivity contribution in [2.75, 3.05) is 29.5 Å². The van der Waals surface area contributed by atoms with E-state index in [2.05, 4.69) is 14.9 Å². The average molecular weight is 211 g/mol. The van der Waals surface area contributed by atoms with Gasteiger partial charge in [0.15, 0.2) is 0 Å². The Morgan fingerprint density at radius 3 is 2.64 bits per heavy atom. The van der Waals surface area contributed by atoms with Gasteiger partial charge < -0.3 is 10.0 Å². The molecule has 1 fully saturated rings. The van der Waals surface area contributed by atoms with Crippen molar-refractivity contribution >= 4 is 17.6 Å². The van der Waals surface area contributed by atoms with E-state index < -0.39 is 0 Å². The summed E-state index contributed by atoms with van der Waals surface area (Å²) in [5.41, 5.74) is 0.625. The maximum Gasteiger partial charge on any atom is 0.147 e. The zero-order valence-corrected chi connectivity index (χ0v) is 8.70. The second kappa shape index (κ2) is 4.61. The van der Waals surface area contributed by atoms with Crippen molar-refractivity contribution in [3.05, 3.63) is 18.1 Å². The van der Waals surface area contributed by atoms with Gasteiger partial charge in [-0.05, 0) is 0 Å². The Hall–Kier alpha value is -0.810. The molecule has 1 aliphatic rings. The van der Waals surface area contributed by atoms with E-state index in [-0.39, 0.29) is 6.61 Å². The van der Waals surface area contributed by atoms with Crippen molar-refractivity contribution in [3.8, 4) is 0 Å². The van der Waals surface area contributed by atoms with Gasteiger partial charge in [-0.3, -0.25) is 4.98 Å². The number of nitrogens with zero attached hydrogens (tertiary/aromatic N) is 3. The van der Waals surface area contributed by atoms with Gasteiger partial charge in [-0.1, -0.05) is 0 Å². The smallest absolute Gasteiger partial charge is 0.147 e. The minimum absolute atomic E-state index is 0.0386. The first-order valence-electron chi connectivity index (χ1n) is 4.64. The topological polar surface area (TPSA) is 49.3 Å². The van der Waals surface area contributed by atoms with E-state index in [1.165, 1.54) is 0 Å². The molecule has 0 aliphatic carbocycles. The summed E-state index contributed by atoms with van der Waals surface area (Å²) in [6.07, 6.45) is 3.37. The first-order valence-corrected chi connectivity index (χ1v) is 5.80. The molecule has 76 valence electrons. The molecule has 0 saturated carbocycles. The number of rotatable bonds is 2. The monoisotopic (exact) mass is 211 g/mol. The van der Waals surface area contributed by atoms with Crippen molar-refractivity contribution < 1.29 is 5.11 Å². The molecular formula is C9H13N3OS. The lowest BCUT2D eigenvalue weighted by atomic mass is 10.4. The highest BCUT2D eigenvalue weighted by molar-refractivity contribution is 7.99. The van der Waals surface area contributed by atoms with Crippen LogP contribution in [0.25, 0.3) is 0 Å². The van der Waals surface area contributed by atoms with Crippen molar-refractivity contribution in [1.29, 1.82) is 0 Å². The number of hydrogen-bond donors (Lipinski definition) is 1. The summed E-state index contributed by atoms with van der Waals surface area (Å²) < 4.78 is 0. The van der Waals surface area contributed by atoms with Crippen LogP contribution in [-0.2, 0) is 6.61 Å². The van der Waals surface area contributed by atoms with Crippen LogP contribution in [0.5, 0.6) is 0 Å². The predicted molar refractivity (Wildman–Crippen MR) is 57.5 cm³/mol. The van der Waals surface area contributed by atoms with Crippen LogP contribution in [0, 0.1) is 0 Å². The summed E-state index contributed by atoms with van der Waals surface area (Å²) in [6, 6.07) is 0. The highest BCUT2D eigenvalue weighted by Crippen LogP contribution is 2.15. The van der Waals surface area contributed by atoms with E-state index in [1.807, 2.05) is 11.8 Å². The lowest BCUT2D eigenvalue weighted by molar-refractivity contribution is 0.276. The van der Waals surface area contributed by atoms with Crippen LogP contribution < -0.4 is 4.90 Å². The maximum atomic E-state index is 8.82. The fourth-order valence-electron chi connectivity index (χ4n) is 1.39. The van der Waals surface area contributed by atoms with Crippen molar-refractivity contribution in [3.63, 3.8) is 0 Å². The SMILES string of the molecule is OCc1cnc(N2CCSCC2)cn1. The average Bonchev–Trinajstić information content (AvgIpc) is 2.30. The molecule has 1 aliphatic heterocycles. The molecule has 5 heteroatoms. The number of anilines is 1. The maximum absolute atomic E-state index is 8.82. The molecule has 1 N–H and O–H groups in total. The summed E-state index contributed by atoms with van der Waals surface area (Å²) in [7, 11) is 0. The van der Waals surface area contributed by atoms with Gasteiger partial charge in [0, 0.05) is 24.6 Å². The van der Waals surface area contributed by atoms with Gasteiger partial charge in [-0.15, -0.1) is 0 Å². The van der Waals surface area contributed by atoms with E-state index in [9.17, 15) is 0 Å². The van der Waals surface area contributed by atoms with Gasteiger partial charge in [0.1, 0.15) is 5.82 Å². The third-order valence-electron chi connectivity index (χ3n) is 2.19. The molecule has 0 radical (unpaired) electrons. The van der Waals surface area contributed by atoms with Crippen molar-refractivity contribution in [1.82, 2.24) is 9.97 Å². The number of aliphatic hydroxyl groups excluding tert-OH is 1. The molecule has 2 heterocycles. The Bertz CT molecular complexity index is 285. The largest absolute Gasteiger partial charge is 0.390 e. The summed E-state index contributed by atoms with van der Waals surface area (Å²) in [5.74, 6) is 3.23. The standard InChI is InChI=1S/C9H13N3OS/c13-7-8-5-11-9(6-10-8)12-1-3-14-4-2-12/h5-6,13H,1-4,7H2. The second-order valence-electron chi connectivity index (χ2n) is 3.12. The van der Waals surface area contributed by atoms with Gasteiger partial charge >= 0.3 is 0 Å². The molecule has 0 bridgehead atoms. The van der Waals surface area contributed by atoms with Crippen LogP contribution >= 0.6 is 11.8 Å². The molecule has 4 nitrogen and oxygen atoms in total. The number of aliphatic hydroxyl groups is 1. The third kappa shape index (κ3) is 2.16. The molecule has 0 amide bonds. The van der Waals surface area contributed by atoms with Gasteiger partial charge in [-0.2, -0.15) is 11.8 Å². The molecule has 0 unspecified atom stereocenters. The molecular weight excluding hydrogens is 198 g/mol. The molecule has 14 heavy (non-hydrogen) atoms. The van der Waals surface area contributed by atoms with Crippen LogP contribution in [0.4, 0.5) is 5.82 Å². The van der Waals surface area contributed by atoms with E-state index in [0.29, 0.717) is 5.69 Å². The zero-order chi connectivity index (χ0) is 9.80. The molecule has 2 rings (SSSR count). The first-order chi connectivity index (χ1) is 6.90. The normalized spacial score (nSPS) is 17.1. The number of aromatic nitrogens is 2. The van der Waals surface area contributed by atoms with Crippen LogP contribution in [0.1, 0.15) is 5.69 Å². The quantitative estimate of drug-likeness (QED) is 0.773. The lowest BCUT2D eigenvalue weighted by Gasteiger charge is -2.26. The highest BCUT2D eigenvalue weighted by atomic mass is 32.2. The molecule has 1 saturated heterocycles. The van der Waals surface area contributed by atoms with E-state index >= 15 is 0 Å². The Morgan fingerprint density at radius 1 is 1.29 bits per heavy atom. The fourth-order valence-corrected chi connectivity index (χ4v) is 2.29. The summed E-state index contributed by atoms with van der Waals surface area (Å²) in [5, 5.41) is 8.82. The molecule has 0 spiro atoms. The molecule has 1 aromatic heterocycles. The van der Waals surface area contributed by atoms with Crippen LogP contribution in [0.3, 0.4) is 0 Å². The van der Waals surface area contributed by atoms with E-state index in [1.54, 1.807) is 12.4 Å². The Balaban J connectivity index is 2.07. The van der Waals surface area contributed by atoms with Crippen LogP contribution in [0.2, 0.25) is 0 Å². The fraction of sp³-hybridized carbons (Fsp3) is 0.556. The minimum atomic E-state index is -0.0386. The predicted octanol–water partition coefficient (Wildman–Crippen LogP) is 0.522. The van der Waals surface area contributed by atoms with Gasteiger partial charge in [0.25, 0.3) is 0 Å². The first kappa shape index (κ1) is 9.73. The number of thioether (sulfide) groups is 1. The minimum Gasteiger partial charge on any atom is -0.390 e. The zero-order valence-electron chi connectivity index (χ0n) is 7.89. The number of hydrogen-bond acceptors (Lipinski definition) is 5. The Labute approximate surface area is 87.4 Å². The van der Waals surface area contributed by atoms with Gasteiger partial charge in [-0.25, -0.2) is 4.98 Å². The molecule has 1 aromatic rings. The van der Waals surface area contributed by atoms with E-state index in [4.69, 9.17) is 5.11 Å². The van der Waals surface area contributed by atoms with Gasteiger partial charge in [0.2, 0.25) is 0 Å². The van der Waals surface area contributed by atoms with Crippen LogP contribution in [-0.4, -0.2) is 39.7 Å². The Morgan fingerprint density at radius 2 is 2.07 bits per heavy atom. The molecule has 0 aromatic carbocycles. The van der Waals surface area contributed by atoms with Crippen molar-refractivity contribution in [2.24, 2.45) is 0 Å². The van der Waals surface area contributed by atoms with Crippen LogP contribution in [0.15, 0.2) is 12.4 Å². The highest BCUT2D eigenvalue weighted by Gasteiger charge is 2.12. The third-order valence-corrected chi connectivity index (χ3v) is 3.13. The van der Waals surface area contributed by atoms with Crippen molar-refractivity contribution in [2.45, 2.75) is 6.61 Å². The summed E-state index contributed by atoms with van der Waals surface area (Å²) >= 11 is 1.97. The van der Waals surface area contributed by atoms with Gasteiger partial charge in [0.05, 0.1) is 24.7 Å². The second-order valence-corrected chi connectivity index (χ2v) is 4.35. The molecule has 0 atom stereocenters.